The molecule has 1 aromatic carbocycles. The minimum absolute atomic E-state index is 0.187. The lowest BCUT2D eigenvalue weighted by Crippen LogP contribution is -2.29. The highest BCUT2D eigenvalue weighted by Crippen LogP contribution is 2.23. The highest BCUT2D eigenvalue weighted by molar-refractivity contribution is 9.10. The lowest BCUT2D eigenvalue weighted by atomic mass is 10.2. The fraction of sp³-hybridized carbons (Fsp3) is 0.429. The molecule has 110 valence electrons. The number of methoxy groups -OCH3 is 1. The van der Waals surface area contributed by atoms with Crippen LogP contribution in [0.2, 0.25) is 0 Å². The molecule has 0 saturated carbocycles. The zero-order valence-electron chi connectivity index (χ0n) is 11.7. The molecule has 5 nitrogen and oxygen atoms in total. The molecule has 0 fully saturated rings. The van der Waals surface area contributed by atoms with Gasteiger partial charge in [0.05, 0.1) is 5.69 Å². The van der Waals surface area contributed by atoms with Crippen LogP contribution in [0.3, 0.4) is 0 Å². The number of carbonyl (C=O) groups is 2. The molecule has 0 aliphatic heterocycles. The van der Waals surface area contributed by atoms with Crippen molar-refractivity contribution in [3.63, 3.8) is 0 Å². The molecule has 0 bridgehead atoms. The average Bonchev–Trinajstić information content (AvgIpc) is 2.38. The topological polar surface area (TPSA) is 67.4 Å². The number of halogens is 1. The minimum atomic E-state index is -0.334. The second-order valence-corrected chi connectivity index (χ2v) is 5.26. The molecule has 0 aromatic heterocycles. The van der Waals surface area contributed by atoms with Crippen LogP contribution in [-0.2, 0) is 14.3 Å². The van der Waals surface area contributed by atoms with Crippen molar-refractivity contribution in [2.45, 2.75) is 19.8 Å². The van der Waals surface area contributed by atoms with Crippen LogP contribution in [0.25, 0.3) is 0 Å². The maximum absolute atomic E-state index is 11.7. The molecule has 1 aromatic rings. The summed E-state index contributed by atoms with van der Waals surface area (Å²) in [7, 11) is 1.61. The summed E-state index contributed by atoms with van der Waals surface area (Å²) in [6.45, 7) is 3.06. The van der Waals surface area contributed by atoms with E-state index in [2.05, 4.69) is 26.6 Å². The van der Waals surface area contributed by atoms with E-state index >= 15 is 0 Å². The van der Waals surface area contributed by atoms with E-state index in [-0.39, 0.29) is 18.2 Å². The number of anilines is 1. The highest BCUT2D eigenvalue weighted by Gasteiger charge is 2.10. The van der Waals surface area contributed by atoms with Crippen LogP contribution in [0.15, 0.2) is 22.7 Å². The molecular formula is C14H19BrN2O3. The lowest BCUT2D eigenvalue weighted by Gasteiger charge is -2.08. The number of hydrogen-bond acceptors (Lipinski definition) is 3. The van der Waals surface area contributed by atoms with E-state index in [9.17, 15) is 9.59 Å². The first-order valence-electron chi connectivity index (χ1n) is 6.34. The van der Waals surface area contributed by atoms with Crippen molar-refractivity contribution >= 4 is 33.4 Å². The summed E-state index contributed by atoms with van der Waals surface area (Å²) in [6, 6.07) is 5.60. The first kappa shape index (κ1) is 16.7. The molecule has 2 amide bonds. The van der Waals surface area contributed by atoms with Gasteiger partial charge in [0.25, 0.3) is 0 Å². The van der Waals surface area contributed by atoms with Gasteiger partial charge < -0.3 is 15.4 Å². The van der Waals surface area contributed by atoms with E-state index in [0.717, 1.165) is 16.5 Å². The molecule has 1 rings (SSSR count). The first-order valence-corrected chi connectivity index (χ1v) is 7.14. The van der Waals surface area contributed by atoms with Crippen molar-refractivity contribution in [3.8, 4) is 0 Å². The Kier molecular flexibility index (Phi) is 7.25. The number of carbonyl (C=O) groups excluding carboxylic acids is 2. The van der Waals surface area contributed by atoms with Gasteiger partial charge >= 0.3 is 0 Å². The Morgan fingerprint density at radius 2 is 2.05 bits per heavy atom. The first-order chi connectivity index (χ1) is 9.52. The van der Waals surface area contributed by atoms with Gasteiger partial charge in [0.2, 0.25) is 11.8 Å². The van der Waals surface area contributed by atoms with E-state index in [0.29, 0.717) is 18.8 Å². The van der Waals surface area contributed by atoms with E-state index in [1.807, 2.05) is 19.1 Å². The largest absolute Gasteiger partial charge is 0.385 e. The van der Waals surface area contributed by atoms with Crippen LogP contribution in [-0.4, -0.2) is 32.1 Å². The molecule has 0 aliphatic carbocycles. The zero-order valence-corrected chi connectivity index (χ0v) is 13.2. The lowest BCUT2D eigenvalue weighted by molar-refractivity contribution is -0.126. The monoisotopic (exact) mass is 342 g/mol. The van der Waals surface area contributed by atoms with Crippen molar-refractivity contribution in [1.29, 1.82) is 0 Å². The Balaban J connectivity index is 2.37. The molecule has 0 aliphatic rings. The normalized spacial score (nSPS) is 10.2. The Morgan fingerprint density at radius 3 is 2.70 bits per heavy atom. The maximum Gasteiger partial charge on any atom is 0.233 e. The van der Waals surface area contributed by atoms with Crippen molar-refractivity contribution in [1.82, 2.24) is 5.32 Å². The Bertz CT molecular complexity index is 477. The minimum Gasteiger partial charge on any atom is -0.385 e. The standard InChI is InChI=1S/C14H19BrN2O3/c1-10-4-5-12(11(15)8-10)17-14(19)9-13(18)16-6-3-7-20-2/h4-5,8H,3,6-7,9H2,1-2H3,(H,16,18)(H,17,19). The summed E-state index contributed by atoms with van der Waals surface area (Å²) in [5.74, 6) is -0.624. The van der Waals surface area contributed by atoms with Gasteiger partial charge in [-0.25, -0.2) is 0 Å². The summed E-state index contributed by atoms with van der Waals surface area (Å²) in [4.78, 5) is 23.3. The van der Waals surface area contributed by atoms with Gasteiger partial charge in [-0.1, -0.05) is 6.07 Å². The predicted octanol–water partition coefficient (Wildman–Crippen LogP) is 2.24. The summed E-state index contributed by atoms with van der Waals surface area (Å²) in [5, 5.41) is 5.36. The van der Waals surface area contributed by atoms with Crippen molar-refractivity contribution in [3.05, 3.63) is 28.2 Å². The molecule has 6 heteroatoms. The number of hydrogen-bond donors (Lipinski definition) is 2. The van der Waals surface area contributed by atoms with Gasteiger partial charge in [-0.05, 0) is 47.0 Å². The van der Waals surface area contributed by atoms with Gasteiger partial charge in [0.15, 0.2) is 0 Å². The highest BCUT2D eigenvalue weighted by atomic mass is 79.9. The van der Waals surface area contributed by atoms with Gasteiger partial charge in [0.1, 0.15) is 6.42 Å². The third-order valence-electron chi connectivity index (χ3n) is 2.57. The van der Waals surface area contributed by atoms with Crippen molar-refractivity contribution < 1.29 is 14.3 Å². The van der Waals surface area contributed by atoms with Crippen LogP contribution in [0, 0.1) is 6.92 Å². The molecule has 0 atom stereocenters. The van der Waals surface area contributed by atoms with Crippen molar-refractivity contribution in [2.75, 3.05) is 25.6 Å². The average molecular weight is 343 g/mol. The van der Waals surface area contributed by atoms with Gasteiger partial charge in [0, 0.05) is 24.7 Å². The number of rotatable bonds is 7. The Hall–Kier alpha value is -1.40. The van der Waals surface area contributed by atoms with Gasteiger partial charge in [-0.2, -0.15) is 0 Å². The maximum atomic E-state index is 11.7. The molecule has 0 heterocycles. The molecule has 0 unspecified atom stereocenters. The van der Waals surface area contributed by atoms with Crippen LogP contribution < -0.4 is 10.6 Å². The van der Waals surface area contributed by atoms with Gasteiger partial charge in [-0.3, -0.25) is 9.59 Å². The van der Waals surface area contributed by atoms with Gasteiger partial charge in [-0.15, -0.1) is 0 Å². The summed E-state index contributed by atoms with van der Waals surface area (Å²) in [5.41, 5.74) is 1.75. The molecule has 20 heavy (non-hydrogen) atoms. The summed E-state index contributed by atoms with van der Waals surface area (Å²) >= 11 is 3.37. The zero-order chi connectivity index (χ0) is 15.0. The fourth-order valence-corrected chi connectivity index (χ4v) is 2.16. The van der Waals surface area contributed by atoms with Crippen LogP contribution in [0.1, 0.15) is 18.4 Å². The molecule has 2 N–H and O–H groups in total. The van der Waals surface area contributed by atoms with Crippen molar-refractivity contribution in [2.24, 2.45) is 0 Å². The molecule has 0 spiro atoms. The predicted molar refractivity (Wildman–Crippen MR) is 81.6 cm³/mol. The number of nitrogens with one attached hydrogen (secondary N) is 2. The molecule has 0 radical (unpaired) electrons. The SMILES string of the molecule is COCCCNC(=O)CC(=O)Nc1ccc(C)cc1Br. The Labute approximate surface area is 127 Å². The van der Waals surface area contributed by atoms with E-state index in [1.165, 1.54) is 0 Å². The van der Waals surface area contributed by atoms with E-state index in [4.69, 9.17) is 4.74 Å². The smallest absolute Gasteiger partial charge is 0.233 e. The van der Waals surface area contributed by atoms with Crippen LogP contribution in [0.4, 0.5) is 5.69 Å². The van der Waals surface area contributed by atoms with E-state index < -0.39 is 0 Å². The fourth-order valence-electron chi connectivity index (χ4n) is 1.57. The third-order valence-corrected chi connectivity index (χ3v) is 3.22. The molecular weight excluding hydrogens is 324 g/mol. The second-order valence-electron chi connectivity index (χ2n) is 4.40. The third kappa shape index (κ3) is 6.16. The van der Waals surface area contributed by atoms with E-state index in [1.54, 1.807) is 13.2 Å². The summed E-state index contributed by atoms with van der Waals surface area (Å²) < 4.78 is 5.67. The van der Waals surface area contributed by atoms with Crippen LogP contribution in [0.5, 0.6) is 0 Å². The number of aryl methyl sites for hydroxylation is 1. The quantitative estimate of drug-likeness (QED) is 0.589. The molecule has 0 saturated heterocycles. The Morgan fingerprint density at radius 1 is 1.30 bits per heavy atom. The number of benzene rings is 1. The summed E-state index contributed by atoms with van der Waals surface area (Å²) in [6.07, 6.45) is 0.542. The van der Waals surface area contributed by atoms with Crippen LogP contribution >= 0.6 is 15.9 Å². The second kappa shape index (κ2) is 8.71. The number of amides is 2. The number of ether oxygens (including phenoxy) is 1.